The Labute approximate surface area is 186 Å². The first-order valence-corrected chi connectivity index (χ1v) is 10.6. The number of hydrogen-bond donors (Lipinski definition) is 1. The largest absolute Gasteiger partial charge is 0.486 e. The second-order valence-electron chi connectivity index (χ2n) is 7.09. The monoisotopic (exact) mass is 517 g/mol. The average molecular weight is 517 g/mol. The van der Waals surface area contributed by atoms with Crippen molar-refractivity contribution in [2.45, 2.75) is 23.5 Å². The first-order chi connectivity index (χ1) is 15.2. The van der Waals surface area contributed by atoms with Gasteiger partial charge in [0, 0.05) is 5.56 Å². The Kier molecular flexibility index (Phi) is 6.06. The number of amides is 1. The summed E-state index contributed by atoms with van der Waals surface area (Å²) in [6.07, 6.45) is -5.15. The van der Waals surface area contributed by atoms with Gasteiger partial charge in [-0.05, 0) is 43.3 Å². The molecule has 0 saturated heterocycles. The van der Waals surface area contributed by atoms with Crippen molar-refractivity contribution in [1.82, 2.24) is 5.32 Å². The van der Waals surface area contributed by atoms with Crippen molar-refractivity contribution in [2.75, 3.05) is 6.61 Å². The minimum atomic E-state index is -9.99. The van der Waals surface area contributed by atoms with Crippen LogP contribution in [-0.4, -0.2) is 18.1 Å². The zero-order chi connectivity index (χ0) is 26.2. The van der Waals surface area contributed by atoms with Gasteiger partial charge in [-0.25, -0.2) is 9.24 Å². The molecule has 5 nitrogen and oxygen atoms in total. The van der Waals surface area contributed by atoms with Gasteiger partial charge in [0.2, 0.25) is 0 Å². The first-order valence-electron chi connectivity index (χ1n) is 8.68. The molecule has 0 aromatic heterocycles. The van der Waals surface area contributed by atoms with E-state index in [9.17, 15) is 47.0 Å². The highest BCUT2D eigenvalue weighted by atomic mass is 32.5. The van der Waals surface area contributed by atoms with E-state index in [4.69, 9.17) is 11.3 Å². The fourth-order valence-corrected chi connectivity index (χ4v) is 3.15. The SMILES string of the molecule is [C-]#[N+]c1cc(F)c(OCC(C)(C#N)NC(=O)c2ccc(S(F)(F)(F)(F)F)cc2)c(C(F)(F)F)c1. The number of halogens is 9. The molecule has 15 heteroatoms. The maximum absolute atomic E-state index is 14.1. The van der Waals surface area contributed by atoms with E-state index in [2.05, 4.69) is 4.85 Å². The second-order valence-corrected chi connectivity index (χ2v) is 9.50. The molecule has 2 aromatic carbocycles. The molecule has 2 aromatic rings. The number of carbonyl (C=O) groups is 1. The van der Waals surface area contributed by atoms with Crippen molar-refractivity contribution in [1.29, 1.82) is 5.26 Å². The van der Waals surface area contributed by atoms with E-state index >= 15 is 0 Å². The highest BCUT2D eigenvalue weighted by molar-refractivity contribution is 8.45. The van der Waals surface area contributed by atoms with Gasteiger partial charge in [0.15, 0.2) is 22.8 Å². The number of ether oxygens (including phenoxy) is 1. The number of rotatable bonds is 6. The third-order valence-electron chi connectivity index (χ3n) is 4.17. The van der Waals surface area contributed by atoms with Crippen LogP contribution in [0.5, 0.6) is 5.75 Å². The van der Waals surface area contributed by atoms with Crippen LogP contribution in [-0.2, 0) is 6.18 Å². The Morgan fingerprint density at radius 1 is 1.15 bits per heavy atom. The van der Waals surface area contributed by atoms with E-state index in [-0.39, 0.29) is 12.1 Å². The van der Waals surface area contributed by atoms with Crippen molar-refractivity contribution in [3.63, 3.8) is 0 Å². The molecule has 0 spiro atoms. The summed E-state index contributed by atoms with van der Waals surface area (Å²) in [6, 6.07) is 3.00. The summed E-state index contributed by atoms with van der Waals surface area (Å²) in [5, 5.41) is 11.3. The van der Waals surface area contributed by atoms with Crippen LogP contribution in [0, 0.1) is 23.7 Å². The summed E-state index contributed by atoms with van der Waals surface area (Å²) in [5.41, 5.74) is -5.06. The third-order valence-corrected chi connectivity index (χ3v) is 5.33. The fraction of sp³-hybridized carbons (Fsp3) is 0.211. The van der Waals surface area contributed by atoms with E-state index in [1.807, 2.05) is 5.32 Å². The van der Waals surface area contributed by atoms with E-state index in [1.54, 1.807) is 0 Å². The smallest absolute Gasteiger partial charge is 0.418 e. The van der Waals surface area contributed by atoms with E-state index < -0.39 is 67.7 Å². The molecule has 0 radical (unpaired) electrons. The Morgan fingerprint density at radius 2 is 1.71 bits per heavy atom. The lowest BCUT2D eigenvalue weighted by atomic mass is 10.0. The molecular formula is C19H12F9N3O2S. The number of carbonyl (C=O) groups excluding carboxylic acids is 1. The van der Waals surface area contributed by atoms with Crippen LogP contribution >= 0.6 is 10.2 Å². The number of hydrogen-bond acceptors (Lipinski definition) is 3. The zero-order valence-corrected chi connectivity index (χ0v) is 17.5. The maximum Gasteiger partial charge on any atom is 0.418 e. The van der Waals surface area contributed by atoms with E-state index in [1.165, 1.54) is 6.07 Å². The van der Waals surface area contributed by atoms with Crippen LogP contribution in [0.25, 0.3) is 4.85 Å². The predicted molar refractivity (Wildman–Crippen MR) is 102 cm³/mol. The van der Waals surface area contributed by atoms with Gasteiger partial charge in [0.1, 0.15) is 11.5 Å². The molecule has 184 valence electrons. The van der Waals surface area contributed by atoms with Gasteiger partial charge < -0.3 is 10.1 Å². The molecule has 0 heterocycles. The number of alkyl halides is 3. The Bertz CT molecular complexity index is 1220. The number of benzene rings is 2. The highest BCUT2D eigenvalue weighted by Crippen LogP contribution is 3.02. The molecule has 1 amide bonds. The van der Waals surface area contributed by atoms with Gasteiger partial charge in [-0.3, -0.25) is 4.79 Å². The minimum absolute atomic E-state index is 0.0411. The molecule has 0 aliphatic rings. The average Bonchev–Trinajstić information content (AvgIpc) is 2.70. The quantitative estimate of drug-likeness (QED) is 0.327. The lowest BCUT2D eigenvalue weighted by Gasteiger charge is -2.40. The lowest BCUT2D eigenvalue weighted by Crippen LogP contribution is -2.49. The van der Waals surface area contributed by atoms with Gasteiger partial charge in [0.25, 0.3) is 5.91 Å². The molecular weight excluding hydrogens is 505 g/mol. The molecule has 1 N–H and O–H groups in total. The Hall–Kier alpha value is -3.59. The van der Waals surface area contributed by atoms with Crippen molar-refractivity contribution in [3.05, 3.63) is 64.8 Å². The summed E-state index contributed by atoms with van der Waals surface area (Å²) in [6.45, 7) is 6.62. The van der Waals surface area contributed by atoms with Crippen molar-refractivity contribution >= 4 is 21.8 Å². The van der Waals surface area contributed by atoms with Gasteiger partial charge in [-0.15, -0.1) is 0 Å². The molecule has 1 unspecified atom stereocenters. The summed E-state index contributed by atoms with van der Waals surface area (Å²) in [4.78, 5) is 12.7. The number of nitriles is 1. The van der Waals surface area contributed by atoms with Crippen LogP contribution < -0.4 is 10.1 Å². The van der Waals surface area contributed by atoms with Gasteiger partial charge >= 0.3 is 16.4 Å². The molecule has 1 atom stereocenters. The lowest BCUT2D eigenvalue weighted by molar-refractivity contribution is -0.139. The van der Waals surface area contributed by atoms with Crippen LogP contribution in [0.15, 0.2) is 41.3 Å². The fourth-order valence-electron chi connectivity index (χ4n) is 2.50. The van der Waals surface area contributed by atoms with E-state index in [0.717, 1.165) is 6.92 Å². The minimum Gasteiger partial charge on any atom is -0.486 e. The summed E-state index contributed by atoms with van der Waals surface area (Å²) >= 11 is 0. The first kappa shape index (κ1) is 26.7. The van der Waals surface area contributed by atoms with Crippen molar-refractivity contribution in [3.8, 4) is 11.8 Å². The third kappa shape index (κ3) is 6.26. The molecule has 0 fully saturated rings. The maximum atomic E-state index is 14.1. The van der Waals surface area contributed by atoms with Gasteiger partial charge in [0.05, 0.1) is 18.2 Å². The van der Waals surface area contributed by atoms with Crippen molar-refractivity contribution in [2.24, 2.45) is 0 Å². The summed E-state index contributed by atoms with van der Waals surface area (Å²) < 4.78 is 123. The topological polar surface area (TPSA) is 66.5 Å². The molecule has 0 aliphatic carbocycles. The van der Waals surface area contributed by atoms with Crippen LogP contribution in [0.1, 0.15) is 22.8 Å². The molecule has 34 heavy (non-hydrogen) atoms. The number of nitrogens with one attached hydrogen (secondary N) is 1. The number of nitrogens with zero attached hydrogens (tertiary/aromatic N) is 2. The summed E-state index contributed by atoms with van der Waals surface area (Å²) in [7, 11) is -9.99. The molecule has 0 bridgehead atoms. The zero-order valence-electron chi connectivity index (χ0n) is 16.7. The highest BCUT2D eigenvalue weighted by Gasteiger charge is 2.65. The van der Waals surface area contributed by atoms with E-state index in [0.29, 0.717) is 24.3 Å². The van der Waals surface area contributed by atoms with Gasteiger partial charge in [-0.2, -0.15) is 18.4 Å². The normalized spacial score (nSPS) is 15.6. The standard InChI is InChI=1S/C19H12F9N3O2S/c1-18(9-29,10-33-16-14(19(21,22)23)7-12(30-2)8-15(16)20)31-17(32)11-3-5-13(6-4-11)34(24,25,26,27)28/h3-8H,10H2,1H3,(H,31,32). The van der Waals surface area contributed by atoms with Crippen LogP contribution in [0.2, 0.25) is 0 Å². The Morgan fingerprint density at radius 3 is 2.15 bits per heavy atom. The van der Waals surface area contributed by atoms with Gasteiger partial charge in [-0.1, -0.05) is 19.4 Å². The summed E-state index contributed by atoms with van der Waals surface area (Å²) in [5.74, 6) is -4.17. The Balaban J connectivity index is 2.27. The van der Waals surface area contributed by atoms with Crippen LogP contribution in [0.3, 0.4) is 0 Å². The molecule has 2 rings (SSSR count). The van der Waals surface area contributed by atoms with Crippen molar-refractivity contribution < 1.29 is 46.5 Å². The second kappa shape index (κ2) is 7.73. The molecule has 0 saturated carbocycles. The molecule has 0 aliphatic heterocycles. The predicted octanol–water partition coefficient (Wildman–Crippen LogP) is 7.14. The van der Waals surface area contributed by atoms with Crippen LogP contribution in [0.4, 0.5) is 42.7 Å².